The maximum absolute atomic E-state index is 5.20. The number of aryl methyl sites for hydroxylation is 1. The lowest BCUT2D eigenvalue weighted by molar-refractivity contribution is 0.0455. The van der Waals surface area contributed by atoms with Gasteiger partial charge >= 0.3 is 0 Å². The van der Waals surface area contributed by atoms with Gasteiger partial charge in [-0.3, -0.25) is 0 Å². The smallest absolute Gasteiger partial charge is 0.0607 e. The summed E-state index contributed by atoms with van der Waals surface area (Å²) in [7, 11) is 2.04. The molecule has 1 fully saturated rings. The van der Waals surface area contributed by atoms with Crippen LogP contribution in [0.4, 0.5) is 0 Å². The zero-order chi connectivity index (χ0) is 12.1. The van der Waals surface area contributed by atoms with E-state index in [-0.39, 0.29) is 0 Å². The van der Waals surface area contributed by atoms with Crippen molar-refractivity contribution in [2.24, 2.45) is 0 Å². The van der Waals surface area contributed by atoms with E-state index in [1.54, 1.807) is 0 Å². The Hall–Kier alpha value is -0.510. The third-order valence-electron chi connectivity index (χ3n) is 3.24. The van der Waals surface area contributed by atoms with Crippen LogP contribution in [0.3, 0.4) is 0 Å². The summed E-state index contributed by atoms with van der Waals surface area (Å²) in [6.45, 7) is 4.04. The maximum Gasteiger partial charge on any atom is 0.0607 e. The largest absolute Gasteiger partial charge is 0.379 e. The lowest BCUT2D eigenvalue weighted by Crippen LogP contribution is -2.32. The molecule has 1 N–H and O–H groups in total. The molecule has 0 spiro atoms. The molecule has 0 aromatic heterocycles. The molecule has 1 unspecified atom stereocenters. The van der Waals surface area contributed by atoms with E-state index in [2.05, 4.69) is 36.5 Å². The van der Waals surface area contributed by atoms with Crippen LogP contribution in [0.1, 0.15) is 24.1 Å². The van der Waals surface area contributed by atoms with Gasteiger partial charge in [0, 0.05) is 11.8 Å². The number of hydrogen-bond acceptors (Lipinski definition) is 3. The summed E-state index contributed by atoms with van der Waals surface area (Å²) in [6, 6.07) is 9.41. The Kier molecular flexibility index (Phi) is 4.89. The highest BCUT2D eigenvalue weighted by Gasteiger charge is 2.20. The molecule has 1 heterocycles. The maximum atomic E-state index is 5.20. The first kappa shape index (κ1) is 12.9. The highest BCUT2D eigenvalue weighted by atomic mass is 32.2. The number of rotatable bonds is 6. The molecule has 0 amide bonds. The average molecular weight is 251 g/mol. The summed E-state index contributed by atoms with van der Waals surface area (Å²) >= 11 is 2.01. The van der Waals surface area contributed by atoms with Gasteiger partial charge in [0.2, 0.25) is 0 Å². The molecule has 1 atom stereocenters. The molecule has 1 aliphatic heterocycles. The van der Waals surface area contributed by atoms with Crippen LogP contribution < -0.4 is 5.32 Å². The van der Waals surface area contributed by atoms with E-state index in [4.69, 9.17) is 4.74 Å². The van der Waals surface area contributed by atoms with Crippen molar-refractivity contribution in [3.05, 3.63) is 35.4 Å². The number of nitrogens with one attached hydrogen (secondary N) is 1. The molecule has 3 heteroatoms. The fraction of sp³-hybridized carbons (Fsp3) is 0.571. The first-order chi connectivity index (χ1) is 8.33. The van der Waals surface area contributed by atoms with Gasteiger partial charge in [0.1, 0.15) is 0 Å². The monoisotopic (exact) mass is 251 g/mol. The van der Waals surface area contributed by atoms with Crippen molar-refractivity contribution in [3.63, 3.8) is 0 Å². The number of thioether (sulfide) groups is 1. The molecule has 2 rings (SSSR count). The SMILES string of the molecule is CCc1ccc(C(CSC2COC2)NC)cc1. The Morgan fingerprint density at radius 3 is 2.53 bits per heavy atom. The minimum atomic E-state index is 0.450. The second-order valence-corrected chi connectivity index (χ2v) is 5.76. The molecule has 1 aromatic carbocycles. The van der Waals surface area contributed by atoms with E-state index in [0.29, 0.717) is 11.3 Å². The second kappa shape index (κ2) is 6.43. The zero-order valence-corrected chi connectivity index (χ0v) is 11.4. The van der Waals surface area contributed by atoms with Crippen molar-refractivity contribution >= 4 is 11.8 Å². The molecule has 17 heavy (non-hydrogen) atoms. The van der Waals surface area contributed by atoms with Gasteiger partial charge in [-0.25, -0.2) is 0 Å². The molecule has 94 valence electrons. The summed E-state index contributed by atoms with van der Waals surface area (Å²) < 4.78 is 5.20. The van der Waals surface area contributed by atoms with E-state index in [1.165, 1.54) is 11.1 Å². The number of hydrogen-bond donors (Lipinski definition) is 1. The van der Waals surface area contributed by atoms with E-state index >= 15 is 0 Å². The minimum Gasteiger partial charge on any atom is -0.379 e. The second-order valence-electron chi connectivity index (χ2n) is 4.43. The molecule has 1 saturated heterocycles. The summed E-state index contributed by atoms with van der Waals surface area (Å²) in [5.41, 5.74) is 2.79. The van der Waals surface area contributed by atoms with Crippen molar-refractivity contribution in [2.75, 3.05) is 26.0 Å². The molecular weight excluding hydrogens is 230 g/mol. The summed E-state index contributed by atoms with van der Waals surface area (Å²) in [6.07, 6.45) is 1.11. The first-order valence-electron chi connectivity index (χ1n) is 6.29. The molecule has 0 bridgehead atoms. The quantitative estimate of drug-likeness (QED) is 0.840. The number of ether oxygens (including phenoxy) is 1. The molecule has 0 radical (unpaired) electrons. The molecule has 1 aliphatic rings. The highest BCUT2D eigenvalue weighted by molar-refractivity contribution is 8.00. The van der Waals surface area contributed by atoms with Gasteiger partial charge in [-0.05, 0) is 24.6 Å². The number of benzene rings is 1. The van der Waals surface area contributed by atoms with Crippen LogP contribution in [0, 0.1) is 0 Å². The van der Waals surface area contributed by atoms with Crippen molar-refractivity contribution in [3.8, 4) is 0 Å². The van der Waals surface area contributed by atoms with Crippen molar-refractivity contribution in [1.29, 1.82) is 0 Å². The van der Waals surface area contributed by atoms with E-state index < -0.39 is 0 Å². The van der Waals surface area contributed by atoms with Gasteiger partial charge in [0.05, 0.1) is 18.5 Å². The van der Waals surface area contributed by atoms with Gasteiger partial charge in [-0.15, -0.1) is 0 Å². The van der Waals surface area contributed by atoms with Crippen LogP contribution >= 0.6 is 11.8 Å². The molecule has 2 nitrogen and oxygen atoms in total. The van der Waals surface area contributed by atoms with Crippen LogP contribution in [0.2, 0.25) is 0 Å². The molecular formula is C14H21NOS. The predicted octanol–water partition coefficient (Wildman–Crippen LogP) is 2.64. The van der Waals surface area contributed by atoms with Crippen LogP contribution in [0.5, 0.6) is 0 Å². The zero-order valence-electron chi connectivity index (χ0n) is 10.6. The Morgan fingerprint density at radius 2 is 2.06 bits per heavy atom. The Bertz CT molecular complexity index is 335. The first-order valence-corrected chi connectivity index (χ1v) is 7.33. The topological polar surface area (TPSA) is 21.3 Å². The van der Waals surface area contributed by atoms with Gasteiger partial charge in [0.15, 0.2) is 0 Å². The fourth-order valence-electron chi connectivity index (χ4n) is 1.87. The predicted molar refractivity (Wildman–Crippen MR) is 74.7 cm³/mol. The van der Waals surface area contributed by atoms with Crippen LogP contribution in [-0.4, -0.2) is 31.3 Å². The lowest BCUT2D eigenvalue weighted by atomic mass is 10.1. The van der Waals surface area contributed by atoms with Crippen LogP contribution in [-0.2, 0) is 11.2 Å². The Labute approximate surface area is 108 Å². The lowest BCUT2D eigenvalue weighted by Gasteiger charge is -2.27. The third-order valence-corrected chi connectivity index (χ3v) is 4.51. The van der Waals surface area contributed by atoms with Gasteiger partial charge in [-0.1, -0.05) is 31.2 Å². The normalized spacial score (nSPS) is 17.8. The average Bonchev–Trinajstić information content (AvgIpc) is 2.33. The standard InChI is InChI=1S/C14H21NOS/c1-3-11-4-6-12(7-5-11)14(15-2)10-17-13-8-16-9-13/h4-7,13-15H,3,8-10H2,1-2H3. The van der Waals surface area contributed by atoms with Gasteiger partial charge in [0.25, 0.3) is 0 Å². The molecule has 0 aliphatic carbocycles. The van der Waals surface area contributed by atoms with Crippen LogP contribution in [0.25, 0.3) is 0 Å². The minimum absolute atomic E-state index is 0.450. The van der Waals surface area contributed by atoms with Crippen molar-refractivity contribution in [2.45, 2.75) is 24.6 Å². The summed E-state index contributed by atoms with van der Waals surface area (Å²) in [4.78, 5) is 0. The van der Waals surface area contributed by atoms with E-state index in [9.17, 15) is 0 Å². The van der Waals surface area contributed by atoms with Gasteiger partial charge in [-0.2, -0.15) is 11.8 Å². The fourth-order valence-corrected chi connectivity index (χ4v) is 3.08. The Balaban J connectivity index is 1.90. The third kappa shape index (κ3) is 3.47. The Morgan fingerprint density at radius 1 is 1.35 bits per heavy atom. The van der Waals surface area contributed by atoms with E-state index in [1.807, 2.05) is 18.8 Å². The highest BCUT2D eigenvalue weighted by Crippen LogP contribution is 2.25. The molecule has 1 aromatic rings. The summed E-state index contributed by atoms with van der Waals surface area (Å²) in [5, 5.41) is 4.11. The summed E-state index contributed by atoms with van der Waals surface area (Å²) in [5.74, 6) is 1.12. The van der Waals surface area contributed by atoms with Crippen molar-refractivity contribution < 1.29 is 4.74 Å². The molecule has 0 saturated carbocycles. The van der Waals surface area contributed by atoms with Crippen LogP contribution in [0.15, 0.2) is 24.3 Å². The van der Waals surface area contributed by atoms with Crippen molar-refractivity contribution in [1.82, 2.24) is 5.32 Å². The van der Waals surface area contributed by atoms with Gasteiger partial charge < -0.3 is 10.1 Å². The van der Waals surface area contributed by atoms with E-state index in [0.717, 1.165) is 25.4 Å².